The standard InChI is InChI=1S/C21H24FN5O3/c1-13-20(14(2)30-25-13)11-26-10-18(7-19(26)12-28)27-9-17(8-23-27)24-21(29)15-4-3-5-16(22)6-15/h3-6,8-9,18-19,28H,7,10-12H2,1-2H3,(H,24,29)/t18-,19-/m0/s1. The lowest BCUT2D eigenvalue weighted by Crippen LogP contribution is -2.32. The maximum absolute atomic E-state index is 13.3. The highest BCUT2D eigenvalue weighted by Gasteiger charge is 2.34. The largest absolute Gasteiger partial charge is 0.395 e. The highest BCUT2D eigenvalue weighted by molar-refractivity contribution is 6.04. The number of carbonyl (C=O) groups excluding carboxylic acids is 1. The summed E-state index contributed by atoms with van der Waals surface area (Å²) in [5.41, 5.74) is 2.68. The summed E-state index contributed by atoms with van der Waals surface area (Å²) in [5.74, 6) is -0.0689. The Hall–Kier alpha value is -3.04. The summed E-state index contributed by atoms with van der Waals surface area (Å²) in [5, 5.41) is 21.0. The number of nitrogens with zero attached hydrogens (tertiary/aromatic N) is 4. The molecule has 1 fully saturated rings. The number of nitrogens with one attached hydrogen (secondary N) is 1. The molecule has 3 aromatic rings. The molecule has 0 radical (unpaired) electrons. The lowest BCUT2D eigenvalue weighted by atomic mass is 10.1. The van der Waals surface area contributed by atoms with Crippen molar-refractivity contribution in [3.63, 3.8) is 0 Å². The van der Waals surface area contributed by atoms with Crippen LogP contribution in [0.3, 0.4) is 0 Å². The highest BCUT2D eigenvalue weighted by atomic mass is 19.1. The Balaban J connectivity index is 1.43. The van der Waals surface area contributed by atoms with Crippen LogP contribution in [-0.2, 0) is 6.54 Å². The molecule has 2 aromatic heterocycles. The molecule has 4 rings (SSSR count). The van der Waals surface area contributed by atoms with E-state index in [1.807, 2.05) is 13.8 Å². The molecular weight excluding hydrogens is 389 g/mol. The molecule has 1 aliphatic rings. The number of hydrogen-bond donors (Lipinski definition) is 2. The Labute approximate surface area is 173 Å². The van der Waals surface area contributed by atoms with Crippen LogP contribution in [0.15, 0.2) is 41.2 Å². The first-order valence-electron chi connectivity index (χ1n) is 9.82. The van der Waals surface area contributed by atoms with Crippen LogP contribution in [0.2, 0.25) is 0 Å². The van der Waals surface area contributed by atoms with Gasteiger partial charge in [0.1, 0.15) is 11.6 Å². The molecule has 158 valence electrons. The van der Waals surface area contributed by atoms with Gasteiger partial charge in [-0.3, -0.25) is 14.4 Å². The molecule has 9 heteroatoms. The number of likely N-dealkylation sites (tertiary alicyclic amines) is 1. The molecule has 0 saturated carbocycles. The average molecular weight is 413 g/mol. The summed E-state index contributed by atoms with van der Waals surface area (Å²) >= 11 is 0. The summed E-state index contributed by atoms with van der Waals surface area (Å²) in [6.45, 7) is 5.19. The number of aryl methyl sites for hydroxylation is 2. The molecular formula is C21H24FN5O3. The lowest BCUT2D eigenvalue weighted by Gasteiger charge is -2.22. The highest BCUT2D eigenvalue weighted by Crippen LogP contribution is 2.30. The van der Waals surface area contributed by atoms with Gasteiger partial charge in [-0.05, 0) is 38.5 Å². The Kier molecular flexibility index (Phi) is 5.65. The monoisotopic (exact) mass is 413 g/mol. The van der Waals surface area contributed by atoms with Gasteiger partial charge < -0.3 is 14.9 Å². The fourth-order valence-corrected chi connectivity index (χ4v) is 3.90. The Morgan fingerprint density at radius 1 is 1.40 bits per heavy atom. The molecule has 0 spiro atoms. The molecule has 2 N–H and O–H groups in total. The van der Waals surface area contributed by atoms with E-state index in [-0.39, 0.29) is 24.3 Å². The molecule has 1 aliphatic heterocycles. The van der Waals surface area contributed by atoms with E-state index in [1.54, 1.807) is 23.1 Å². The van der Waals surface area contributed by atoms with Crippen LogP contribution in [0.5, 0.6) is 0 Å². The molecule has 0 unspecified atom stereocenters. The molecule has 30 heavy (non-hydrogen) atoms. The van der Waals surface area contributed by atoms with Gasteiger partial charge in [-0.15, -0.1) is 0 Å². The van der Waals surface area contributed by atoms with E-state index in [2.05, 4.69) is 20.5 Å². The Bertz CT molecular complexity index is 1030. The topological polar surface area (TPSA) is 96.4 Å². The van der Waals surface area contributed by atoms with E-state index < -0.39 is 11.7 Å². The normalized spacial score (nSPS) is 19.3. The van der Waals surface area contributed by atoms with Crippen molar-refractivity contribution in [2.45, 2.75) is 38.9 Å². The smallest absolute Gasteiger partial charge is 0.255 e. The van der Waals surface area contributed by atoms with Crippen LogP contribution in [0.1, 0.15) is 39.8 Å². The first-order valence-corrected chi connectivity index (χ1v) is 9.82. The number of halogens is 1. The van der Waals surface area contributed by atoms with Crippen LogP contribution in [-0.4, -0.2) is 50.0 Å². The maximum Gasteiger partial charge on any atom is 0.255 e. The summed E-state index contributed by atoms with van der Waals surface area (Å²) < 4.78 is 20.4. The first kappa shape index (κ1) is 20.2. The summed E-state index contributed by atoms with van der Waals surface area (Å²) in [4.78, 5) is 14.5. The van der Waals surface area contributed by atoms with Crippen molar-refractivity contribution in [3.05, 3.63) is 65.1 Å². The number of anilines is 1. The Morgan fingerprint density at radius 2 is 2.23 bits per heavy atom. The summed E-state index contributed by atoms with van der Waals surface area (Å²) in [7, 11) is 0. The number of rotatable bonds is 6. The molecule has 1 aromatic carbocycles. The third-order valence-electron chi connectivity index (χ3n) is 5.58. The van der Waals surface area contributed by atoms with Gasteiger partial charge in [0.2, 0.25) is 0 Å². The summed E-state index contributed by atoms with van der Waals surface area (Å²) in [6.07, 6.45) is 4.07. The maximum atomic E-state index is 13.3. The van der Waals surface area contributed by atoms with Crippen LogP contribution in [0.25, 0.3) is 0 Å². The van der Waals surface area contributed by atoms with Gasteiger partial charge in [0.05, 0.1) is 30.2 Å². The van der Waals surface area contributed by atoms with Gasteiger partial charge in [0, 0.05) is 36.5 Å². The van der Waals surface area contributed by atoms with Crippen LogP contribution in [0, 0.1) is 19.7 Å². The Morgan fingerprint density at radius 3 is 2.93 bits per heavy atom. The third kappa shape index (κ3) is 4.12. The predicted molar refractivity (Wildman–Crippen MR) is 107 cm³/mol. The van der Waals surface area contributed by atoms with Crippen molar-refractivity contribution in [1.82, 2.24) is 19.8 Å². The summed E-state index contributed by atoms with van der Waals surface area (Å²) in [6, 6.07) is 5.59. The van der Waals surface area contributed by atoms with Crippen molar-refractivity contribution in [2.24, 2.45) is 0 Å². The van der Waals surface area contributed by atoms with E-state index in [0.29, 0.717) is 18.8 Å². The molecule has 8 nitrogen and oxygen atoms in total. The minimum atomic E-state index is -0.460. The van der Waals surface area contributed by atoms with E-state index in [0.717, 1.165) is 23.4 Å². The lowest BCUT2D eigenvalue weighted by molar-refractivity contribution is 0.102. The van der Waals surface area contributed by atoms with Gasteiger partial charge >= 0.3 is 0 Å². The first-order chi connectivity index (χ1) is 14.4. The minimum Gasteiger partial charge on any atom is -0.395 e. The van der Waals surface area contributed by atoms with E-state index in [4.69, 9.17) is 4.52 Å². The fraction of sp³-hybridized carbons (Fsp3) is 0.381. The van der Waals surface area contributed by atoms with Crippen molar-refractivity contribution in [1.29, 1.82) is 0 Å². The van der Waals surface area contributed by atoms with Gasteiger partial charge in [-0.2, -0.15) is 5.10 Å². The molecule has 1 amide bonds. The van der Waals surface area contributed by atoms with Crippen molar-refractivity contribution >= 4 is 11.6 Å². The number of amides is 1. The van der Waals surface area contributed by atoms with Crippen LogP contribution >= 0.6 is 0 Å². The quantitative estimate of drug-likeness (QED) is 0.645. The van der Waals surface area contributed by atoms with Gasteiger partial charge in [0.15, 0.2) is 0 Å². The molecule has 3 heterocycles. The number of aliphatic hydroxyl groups is 1. The minimum absolute atomic E-state index is 0.00163. The van der Waals surface area contributed by atoms with Gasteiger partial charge in [-0.25, -0.2) is 4.39 Å². The number of hydrogen-bond acceptors (Lipinski definition) is 6. The predicted octanol–water partition coefficient (Wildman–Crippen LogP) is 2.69. The second kappa shape index (κ2) is 8.37. The van der Waals surface area contributed by atoms with Crippen LogP contribution in [0.4, 0.5) is 10.1 Å². The van der Waals surface area contributed by atoms with E-state index in [9.17, 15) is 14.3 Å². The second-order valence-corrected chi connectivity index (χ2v) is 7.63. The van der Waals surface area contributed by atoms with Crippen molar-refractivity contribution in [2.75, 3.05) is 18.5 Å². The van der Waals surface area contributed by atoms with E-state index >= 15 is 0 Å². The van der Waals surface area contributed by atoms with Crippen molar-refractivity contribution in [3.8, 4) is 0 Å². The van der Waals surface area contributed by atoms with E-state index in [1.165, 1.54) is 18.2 Å². The van der Waals surface area contributed by atoms with Crippen LogP contribution < -0.4 is 5.32 Å². The zero-order chi connectivity index (χ0) is 21.3. The molecule has 0 aliphatic carbocycles. The molecule has 2 atom stereocenters. The number of aliphatic hydroxyl groups excluding tert-OH is 1. The SMILES string of the molecule is Cc1noc(C)c1CN1C[C@@H](n2cc(NC(=O)c3cccc(F)c3)cn2)C[C@H]1CO. The number of aromatic nitrogens is 3. The van der Waals surface area contributed by atoms with Gasteiger partial charge in [0.25, 0.3) is 5.91 Å². The van der Waals surface area contributed by atoms with Gasteiger partial charge in [-0.1, -0.05) is 11.2 Å². The second-order valence-electron chi connectivity index (χ2n) is 7.63. The number of benzene rings is 1. The third-order valence-corrected chi connectivity index (χ3v) is 5.58. The average Bonchev–Trinajstić information content (AvgIpc) is 3.43. The zero-order valence-electron chi connectivity index (χ0n) is 16.9. The molecule has 1 saturated heterocycles. The number of carbonyl (C=O) groups is 1. The molecule has 0 bridgehead atoms. The van der Waals surface area contributed by atoms with Crippen molar-refractivity contribution < 1.29 is 18.8 Å². The zero-order valence-corrected chi connectivity index (χ0v) is 16.9. The fourth-order valence-electron chi connectivity index (χ4n) is 3.90.